The van der Waals surface area contributed by atoms with Crippen LogP contribution in [0.5, 0.6) is 11.5 Å². The molecule has 330 valence electrons. The monoisotopic (exact) mass is 920 g/mol. The Morgan fingerprint density at radius 2 is 1.05 bits per heavy atom. The second-order valence-corrected chi connectivity index (χ2v) is 17.4. The number of hydrogen-bond acceptors (Lipinski definition) is 4. The van der Waals surface area contributed by atoms with Gasteiger partial charge in [0.2, 0.25) is 0 Å². The van der Waals surface area contributed by atoms with Gasteiger partial charge >= 0.3 is 19.5 Å². The van der Waals surface area contributed by atoms with Gasteiger partial charge in [-0.15, -0.1) is 22.1 Å². The van der Waals surface area contributed by atoms with E-state index in [2.05, 4.69) is 134 Å². The number of rotatable bonds is 20. The summed E-state index contributed by atoms with van der Waals surface area (Å²) in [6, 6.07) is 41.9. The molecule has 0 atom stereocenters. The van der Waals surface area contributed by atoms with Crippen molar-refractivity contribution in [3.8, 4) is 44.9 Å². The van der Waals surface area contributed by atoms with Crippen molar-refractivity contribution in [3.63, 3.8) is 0 Å². The molecule has 5 heterocycles. The minimum Gasteiger partial charge on any atom is -0.657 e. The molecular formula is C59H60N4O2Zn. The van der Waals surface area contributed by atoms with Gasteiger partial charge in [-0.05, 0) is 99.1 Å². The van der Waals surface area contributed by atoms with Gasteiger partial charge in [0, 0.05) is 0 Å². The molecule has 0 amide bonds. The summed E-state index contributed by atoms with van der Waals surface area (Å²) in [7, 11) is 1.71. The maximum atomic E-state index is 6.28. The van der Waals surface area contributed by atoms with Gasteiger partial charge in [0.05, 0.1) is 36.5 Å². The number of methoxy groups -OCH3 is 1. The van der Waals surface area contributed by atoms with Crippen molar-refractivity contribution >= 4 is 57.1 Å². The summed E-state index contributed by atoms with van der Waals surface area (Å²) in [5.74, 6) is 1.67. The smallest absolute Gasteiger partial charge is 0.657 e. The van der Waals surface area contributed by atoms with Crippen molar-refractivity contribution in [3.05, 3.63) is 144 Å². The van der Waals surface area contributed by atoms with Crippen LogP contribution in [0, 0.1) is 0 Å². The average molecular weight is 923 g/mol. The van der Waals surface area contributed by atoms with Gasteiger partial charge in [0.15, 0.2) is 0 Å². The van der Waals surface area contributed by atoms with E-state index < -0.39 is 0 Å². The van der Waals surface area contributed by atoms with E-state index in [1.165, 1.54) is 83.5 Å². The molecule has 0 aliphatic carbocycles. The first-order valence-electron chi connectivity index (χ1n) is 24.0. The van der Waals surface area contributed by atoms with Crippen LogP contribution in [0.2, 0.25) is 0 Å². The van der Waals surface area contributed by atoms with Gasteiger partial charge in [-0.3, -0.25) is 0 Å². The van der Waals surface area contributed by atoms with E-state index in [0.29, 0.717) is 0 Å². The van der Waals surface area contributed by atoms with Gasteiger partial charge in [-0.1, -0.05) is 187 Å². The molecule has 4 aromatic carbocycles. The molecular weight excluding hydrogens is 862 g/mol. The summed E-state index contributed by atoms with van der Waals surface area (Å²) in [5, 5.41) is 2.17. The Bertz CT molecular complexity index is 2950. The summed E-state index contributed by atoms with van der Waals surface area (Å²) < 4.78 is 12.0. The minimum absolute atomic E-state index is 0. The molecule has 2 aliphatic heterocycles. The fourth-order valence-corrected chi connectivity index (χ4v) is 9.30. The maximum Gasteiger partial charge on any atom is 2.00 e. The molecule has 2 aliphatic rings. The molecule has 0 fully saturated rings. The van der Waals surface area contributed by atoms with Gasteiger partial charge < -0.3 is 19.4 Å². The van der Waals surface area contributed by atoms with E-state index >= 15 is 0 Å². The maximum absolute atomic E-state index is 6.28. The Kier molecular flexibility index (Phi) is 16.1. The van der Waals surface area contributed by atoms with Crippen LogP contribution in [0.4, 0.5) is 0 Å². The largest absolute Gasteiger partial charge is 2.00 e. The van der Waals surface area contributed by atoms with Crippen molar-refractivity contribution in [2.45, 2.75) is 96.8 Å². The fourth-order valence-electron chi connectivity index (χ4n) is 9.30. The van der Waals surface area contributed by atoms with E-state index in [9.17, 15) is 0 Å². The Morgan fingerprint density at radius 1 is 0.470 bits per heavy atom. The van der Waals surface area contributed by atoms with Crippen LogP contribution >= 0.6 is 0 Å². The Morgan fingerprint density at radius 3 is 1.74 bits per heavy atom. The Labute approximate surface area is 403 Å². The van der Waals surface area contributed by atoms with Crippen molar-refractivity contribution in [2.24, 2.45) is 0 Å². The Hall–Kier alpha value is -6.04. The minimum atomic E-state index is 0. The van der Waals surface area contributed by atoms with E-state index in [1.807, 2.05) is 18.2 Å². The zero-order valence-corrected chi connectivity index (χ0v) is 41.7. The van der Waals surface area contributed by atoms with Crippen molar-refractivity contribution in [1.29, 1.82) is 0 Å². The van der Waals surface area contributed by atoms with Crippen LogP contribution in [-0.4, -0.2) is 23.7 Å². The second-order valence-electron chi connectivity index (χ2n) is 17.4. The summed E-state index contributed by atoms with van der Waals surface area (Å²) in [4.78, 5) is 21.2. The molecule has 0 saturated heterocycles. The first-order chi connectivity index (χ1) is 32.1. The first kappa shape index (κ1) is 46.5. The zero-order chi connectivity index (χ0) is 44.2. The molecule has 0 spiro atoms. The molecule has 66 heavy (non-hydrogen) atoms. The molecule has 6 nitrogen and oxygen atoms in total. The fraction of sp³-hybridized carbons (Fsp3) is 0.288. The number of unbranched alkanes of at least 4 members (excludes halogenated alkanes) is 13. The van der Waals surface area contributed by atoms with Gasteiger partial charge in [-0.2, -0.15) is 0 Å². The third-order valence-electron chi connectivity index (χ3n) is 12.8. The third kappa shape index (κ3) is 11.1. The molecule has 7 heteroatoms. The third-order valence-corrected chi connectivity index (χ3v) is 12.8. The van der Waals surface area contributed by atoms with E-state index in [-0.39, 0.29) is 19.5 Å². The molecule has 3 aromatic heterocycles. The van der Waals surface area contributed by atoms with Crippen LogP contribution < -0.4 is 19.4 Å². The van der Waals surface area contributed by atoms with Crippen molar-refractivity contribution in [2.75, 3.05) is 13.7 Å². The molecule has 9 rings (SSSR count). The quantitative estimate of drug-likeness (QED) is 0.0560. The number of ether oxygens (including phenoxy) is 2. The number of benzene rings is 4. The summed E-state index contributed by atoms with van der Waals surface area (Å²) in [6.45, 7) is 3.01. The van der Waals surface area contributed by atoms with Crippen LogP contribution in [-0.2, 0) is 19.5 Å². The normalized spacial score (nSPS) is 11.8. The molecule has 7 aromatic rings. The number of nitrogens with zero attached hydrogens (tertiary/aromatic N) is 4. The van der Waals surface area contributed by atoms with E-state index in [1.54, 1.807) is 7.11 Å². The van der Waals surface area contributed by atoms with Crippen LogP contribution in [0.1, 0.15) is 120 Å². The van der Waals surface area contributed by atoms with Crippen molar-refractivity contribution < 1.29 is 29.0 Å². The molecule has 8 bridgehead atoms. The van der Waals surface area contributed by atoms with E-state index in [0.717, 1.165) is 114 Å². The van der Waals surface area contributed by atoms with Crippen molar-refractivity contribution in [1.82, 2.24) is 19.9 Å². The zero-order valence-electron chi connectivity index (χ0n) is 38.8. The molecule has 0 unspecified atom stereocenters. The van der Waals surface area contributed by atoms with Crippen LogP contribution in [0.3, 0.4) is 0 Å². The topological polar surface area (TPSA) is 72.4 Å². The number of aromatic nitrogens is 4. The molecule has 0 N–H and O–H groups in total. The second kappa shape index (κ2) is 22.9. The standard InChI is InChI=1S/C59H60N4O2.Zn/c1-3-4-5-6-7-8-9-10-11-12-13-14-15-19-39-65-47-30-26-44(27-31-47)58-52-34-29-46(61-52)40-45-28-33-51(60-45)57(43-21-17-16-18-22-43)53-35-37-55(62-53)59(56-38-36-54(58)63-56)49-24-20-23-42-25-32-48(64-2)41-50(42)49;/h16-18,20-38,40-41H,3-15,19,39H2,1-2H3;/q-2;+2. The van der Waals surface area contributed by atoms with Gasteiger partial charge in [0.1, 0.15) is 11.5 Å². The van der Waals surface area contributed by atoms with Gasteiger partial charge in [0.25, 0.3) is 0 Å². The van der Waals surface area contributed by atoms with Crippen LogP contribution in [0.15, 0.2) is 121 Å². The number of fused-ring (bicyclic) bond motifs is 9. The predicted molar refractivity (Wildman–Crippen MR) is 273 cm³/mol. The molecule has 0 radical (unpaired) electrons. The van der Waals surface area contributed by atoms with Crippen LogP contribution in [0.25, 0.3) is 90.5 Å². The summed E-state index contributed by atoms with van der Waals surface area (Å²) in [5.41, 5.74) is 12.7. The molecule has 0 saturated carbocycles. The summed E-state index contributed by atoms with van der Waals surface area (Å²) >= 11 is 0. The van der Waals surface area contributed by atoms with E-state index in [4.69, 9.17) is 29.4 Å². The first-order valence-corrected chi connectivity index (χ1v) is 24.0. The Balaban J connectivity index is 0.00000592. The average Bonchev–Trinajstić information content (AvgIpc) is 4.19. The number of hydrogen-bond donors (Lipinski definition) is 0. The predicted octanol–water partition coefficient (Wildman–Crippen LogP) is 15.9. The van der Waals surface area contributed by atoms with Gasteiger partial charge in [-0.25, -0.2) is 9.97 Å². The summed E-state index contributed by atoms with van der Waals surface area (Å²) in [6.07, 6.45) is 27.2. The SMILES string of the molecule is CCCCCCCCCCCCCCCCOc1ccc(-c2c3nc(c(-c4cccc5ccc(OC)cc45)c4ccc([n-]4)c(-c4ccccc4)c4nc(cc5ccc2[n-]5)C=C4)C=C3)cc1.[Zn+2].